The Morgan fingerprint density at radius 2 is 2.09 bits per heavy atom. The number of hydrogen-bond acceptors (Lipinski definition) is 5. The van der Waals surface area contributed by atoms with Crippen molar-refractivity contribution in [3.8, 4) is 0 Å². The highest BCUT2D eigenvalue weighted by Gasteiger charge is 2.25. The summed E-state index contributed by atoms with van der Waals surface area (Å²) in [6, 6.07) is 8.02. The Morgan fingerprint density at radius 3 is 2.65 bits per heavy atom. The molecule has 1 aliphatic rings. The van der Waals surface area contributed by atoms with Crippen LogP contribution in [0.25, 0.3) is 0 Å². The summed E-state index contributed by atoms with van der Waals surface area (Å²) < 4.78 is 0. The number of carbonyl (C=O) groups is 1. The minimum absolute atomic E-state index is 0.377. The lowest BCUT2D eigenvalue weighted by Gasteiger charge is -2.39. The van der Waals surface area contributed by atoms with Crippen LogP contribution in [0.15, 0.2) is 29.6 Å². The molecule has 5 nitrogen and oxygen atoms in total. The van der Waals surface area contributed by atoms with Gasteiger partial charge in [-0.3, -0.25) is 9.69 Å². The second-order valence-electron chi connectivity index (χ2n) is 6.11. The van der Waals surface area contributed by atoms with Crippen molar-refractivity contribution in [3.63, 3.8) is 0 Å². The maximum Gasteiger partial charge on any atom is 0.248 e. The van der Waals surface area contributed by atoms with Gasteiger partial charge in [0.15, 0.2) is 5.13 Å². The summed E-state index contributed by atoms with van der Waals surface area (Å²) in [5.41, 5.74) is 8.14. The van der Waals surface area contributed by atoms with Gasteiger partial charge in [0.25, 0.3) is 0 Å². The van der Waals surface area contributed by atoms with Crippen molar-refractivity contribution in [1.29, 1.82) is 0 Å². The van der Waals surface area contributed by atoms with Gasteiger partial charge in [0.1, 0.15) is 0 Å². The van der Waals surface area contributed by atoms with E-state index in [1.54, 1.807) is 23.5 Å². The van der Waals surface area contributed by atoms with E-state index in [4.69, 9.17) is 5.73 Å². The summed E-state index contributed by atoms with van der Waals surface area (Å²) in [6.07, 6.45) is 0. The number of amides is 1. The molecule has 0 aliphatic carbocycles. The van der Waals surface area contributed by atoms with Crippen molar-refractivity contribution >= 4 is 22.4 Å². The predicted molar refractivity (Wildman–Crippen MR) is 93.9 cm³/mol. The van der Waals surface area contributed by atoms with Crippen molar-refractivity contribution < 1.29 is 4.79 Å². The van der Waals surface area contributed by atoms with Crippen LogP contribution in [0.3, 0.4) is 0 Å². The highest BCUT2D eigenvalue weighted by atomic mass is 32.1. The zero-order chi connectivity index (χ0) is 16.4. The molecule has 2 N–H and O–H groups in total. The third-order valence-electron chi connectivity index (χ3n) is 4.21. The molecule has 0 spiro atoms. The fourth-order valence-corrected chi connectivity index (χ4v) is 3.90. The highest BCUT2D eigenvalue weighted by Crippen LogP contribution is 2.25. The van der Waals surface area contributed by atoms with E-state index >= 15 is 0 Å². The summed E-state index contributed by atoms with van der Waals surface area (Å²) in [7, 11) is 0. The van der Waals surface area contributed by atoms with Crippen LogP contribution in [0.5, 0.6) is 0 Å². The van der Waals surface area contributed by atoms with E-state index in [9.17, 15) is 4.79 Å². The number of nitrogens with zero attached hydrogens (tertiary/aromatic N) is 3. The smallest absolute Gasteiger partial charge is 0.248 e. The number of hydrogen-bond donors (Lipinski definition) is 1. The number of aryl methyl sites for hydroxylation is 1. The lowest BCUT2D eigenvalue weighted by atomic mass is 10.1. The largest absolute Gasteiger partial charge is 0.366 e. The third-order valence-corrected chi connectivity index (χ3v) is 5.20. The van der Waals surface area contributed by atoms with Gasteiger partial charge in [-0.05, 0) is 31.5 Å². The quantitative estimate of drug-likeness (QED) is 0.934. The van der Waals surface area contributed by atoms with Crippen molar-refractivity contribution in [2.75, 3.05) is 24.5 Å². The van der Waals surface area contributed by atoms with E-state index < -0.39 is 0 Å². The number of rotatable bonds is 4. The molecule has 23 heavy (non-hydrogen) atoms. The molecule has 0 bridgehead atoms. The van der Waals surface area contributed by atoms with Gasteiger partial charge in [-0.2, -0.15) is 0 Å². The molecule has 0 radical (unpaired) electrons. The van der Waals surface area contributed by atoms with Crippen LogP contribution in [0.2, 0.25) is 0 Å². The van der Waals surface area contributed by atoms with Crippen molar-refractivity contribution in [1.82, 2.24) is 9.88 Å². The molecule has 2 heterocycles. The van der Waals surface area contributed by atoms with Gasteiger partial charge in [0.2, 0.25) is 5.91 Å². The molecule has 122 valence electrons. The summed E-state index contributed by atoms with van der Waals surface area (Å²) in [5.74, 6) is -0.377. The molecular formula is C17H22N4OS. The second-order valence-corrected chi connectivity index (χ2v) is 6.95. The molecule has 1 unspecified atom stereocenters. The fourth-order valence-electron chi connectivity index (χ4n) is 2.97. The maximum atomic E-state index is 11.1. The van der Waals surface area contributed by atoms with Crippen molar-refractivity contribution in [2.24, 2.45) is 5.73 Å². The Morgan fingerprint density at radius 1 is 1.35 bits per heavy atom. The first-order valence-electron chi connectivity index (χ1n) is 7.83. The molecule has 1 saturated heterocycles. The van der Waals surface area contributed by atoms with Crippen LogP contribution in [-0.4, -0.2) is 41.5 Å². The Hall–Kier alpha value is -1.92. The minimum atomic E-state index is -0.377. The number of benzene rings is 1. The fraction of sp³-hybridized carbons (Fsp3) is 0.412. The van der Waals surface area contributed by atoms with E-state index in [0.717, 1.165) is 37.0 Å². The summed E-state index contributed by atoms with van der Waals surface area (Å²) >= 11 is 1.72. The van der Waals surface area contributed by atoms with Crippen LogP contribution in [0, 0.1) is 6.92 Å². The Labute approximate surface area is 140 Å². The minimum Gasteiger partial charge on any atom is -0.366 e. The molecule has 1 aliphatic heterocycles. The number of aromatic nitrogens is 1. The Balaban J connectivity index is 1.60. The molecule has 1 aromatic heterocycles. The lowest BCUT2D eigenvalue weighted by Crippen LogP contribution is -2.51. The van der Waals surface area contributed by atoms with Crippen LogP contribution in [-0.2, 0) is 6.54 Å². The van der Waals surface area contributed by atoms with E-state index in [-0.39, 0.29) is 5.91 Å². The lowest BCUT2D eigenvalue weighted by molar-refractivity contribution is 0.100. The summed E-state index contributed by atoms with van der Waals surface area (Å²) in [5, 5.41) is 3.23. The third kappa shape index (κ3) is 3.71. The van der Waals surface area contributed by atoms with Gasteiger partial charge in [-0.25, -0.2) is 4.98 Å². The normalized spacial score (nSPS) is 19.0. The average molecular weight is 330 g/mol. The Bertz CT molecular complexity index is 682. The first-order chi connectivity index (χ1) is 11.0. The maximum absolute atomic E-state index is 11.1. The molecule has 0 saturated carbocycles. The monoisotopic (exact) mass is 330 g/mol. The Kier molecular flexibility index (Phi) is 4.63. The first-order valence-corrected chi connectivity index (χ1v) is 8.71. The first kappa shape index (κ1) is 16.0. The summed E-state index contributed by atoms with van der Waals surface area (Å²) in [6.45, 7) is 8.20. The number of thiazole rings is 1. The highest BCUT2D eigenvalue weighted by molar-refractivity contribution is 7.13. The van der Waals surface area contributed by atoms with Crippen LogP contribution in [0.1, 0.15) is 28.5 Å². The zero-order valence-corrected chi connectivity index (χ0v) is 14.3. The number of piperazine rings is 1. The second kappa shape index (κ2) is 6.68. The molecule has 2 aromatic rings. The number of nitrogens with two attached hydrogens (primary N) is 1. The van der Waals surface area contributed by atoms with Crippen LogP contribution < -0.4 is 10.6 Å². The van der Waals surface area contributed by atoms with Gasteiger partial charge >= 0.3 is 0 Å². The number of carbonyl (C=O) groups excluding carboxylic acids is 1. The molecule has 1 fully saturated rings. The van der Waals surface area contributed by atoms with Gasteiger partial charge in [-0.15, -0.1) is 11.3 Å². The molecule has 6 heteroatoms. The van der Waals surface area contributed by atoms with Crippen LogP contribution >= 0.6 is 11.3 Å². The topological polar surface area (TPSA) is 62.5 Å². The van der Waals surface area contributed by atoms with Gasteiger partial charge in [-0.1, -0.05) is 12.1 Å². The number of primary amides is 1. The SMILES string of the molecule is Cc1csc(N2CCN(Cc3ccc(C(N)=O)cc3)CC2C)n1. The predicted octanol–water partition coefficient (Wildman–Crippen LogP) is 2.26. The van der Waals surface area contributed by atoms with E-state index in [1.807, 2.05) is 19.1 Å². The van der Waals surface area contributed by atoms with Gasteiger partial charge in [0, 0.05) is 43.2 Å². The number of anilines is 1. The van der Waals surface area contributed by atoms with Gasteiger partial charge < -0.3 is 10.6 Å². The van der Waals surface area contributed by atoms with E-state index in [1.165, 1.54) is 5.56 Å². The molecule has 1 atom stereocenters. The zero-order valence-electron chi connectivity index (χ0n) is 13.5. The molecule has 1 aromatic carbocycles. The van der Waals surface area contributed by atoms with E-state index in [0.29, 0.717) is 11.6 Å². The molecule has 1 amide bonds. The molecule has 3 rings (SSSR count). The van der Waals surface area contributed by atoms with Gasteiger partial charge in [0.05, 0.1) is 5.69 Å². The van der Waals surface area contributed by atoms with Crippen molar-refractivity contribution in [3.05, 3.63) is 46.5 Å². The van der Waals surface area contributed by atoms with Crippen molar-refractivity contribution in [2.45, 2.75) is 26.4 Å². The van der Waals surface area contributed by atoms with E-state index in [2.05, 4.69) is 27.1 Å². The summed E-state index contributed by atoms with van der Waals surface area (Å²) in [4.78, 5) is 20.6. The average Bonchev–Trinajstić information content (AvgIpc) is 2.94. The standard InChI is InChI=1S/C17H22N4OS/c1-12-11-23-17(19-12)21-8-7-20(9-13(21)2)10-14-3-5-15(6-4-14)16(18)22/h3-6,11,13H,7-10H2,1-2H3,(H2,18,22). The van der Waals surface area contributed by atoms with Crippen LogP contribution in [0.4, 0.5) is 5.13 Å². The molecular weight excluding hydrogens is 308 g/mol.